The van der Waals surface area contributed by atoms with Crippen molar-refractivity contribution in [1.82, 2.24) is 14.3 Å². The van der Waals surface area contributed by atoms with Crippen LogP contribution < -0.4 is 0 Å². The van der Waals surface area contributed by atoms with Gasteiger partial charge in [0, 0.05) is 25.6 Å². The van der Waals surface area contributed by atoms with Crippen LogP contribution in [0.3, 0.4) is 0 Å². The molecule has 1 aromatic heterocycles. The Bertz CT molecular complexity index is 933. The third kappa shape index (κ3) is 3.22. The zero-order valence-electron chi connectivity index (χ0n) is 13.0. The molecule has 25 heavy (non-hydrogen) atoms. The van der Waals surface area contributed by atoms with E-state index in [0.717, 1.165) is 6.07 Å². The summed E-state index contributed by atoms with van der Waals surface area (Å²) in [5.41, 5.74) is -1.41. The number of amides is 1. The van der Waals surface area contributed by atoms with Crippen LogP contribution in [0.15, 0.2) is 18.2 Å². The predicted molar refractivity (Wildman–Crippen MR) is 86.3 cm³/mol. The van der Waals surface area contributed by atoms with E-state index in [1.807, 2.05) is 0 Å². The van der Waals surface area contributed by atoms with Crippen molar-refractivity contribution in [3.8, 4) is 23.2 Å². The number of carboxylic acids is 1. The molecule has 9 heteroatoms. The molecule has 2 aromatic rings. The van der Waals surface area contributed by atoms with Crippen molar-refractivity contribution >= 4 is 23.4 Å². The molecule has 1 amide bonds. The highest BCUT2D eigenvalue weighted by Gasteiger charge is 2.42. The number of rotatable bonds is 2. The van der Waals surface area contributed by atoms with Crippen LogP contribution in [0, 0.1) is 17.7 Å². The highest BCUT2D eigenvalue weighted by Crippen LogP contribution is 2.24. The summed E-state index contributed by atoms with van der Waals surface area (Å²) < 4.78 is 17.8. The smallest absolute Gasteiger partial charge is 0.366 e. The number of hydrogen-bond donors (Lipinski definition) is 2. The Morgan fingerprint density at radius 1 is 1.48 bits per heavy atom. The zero-order valence-corrected chi connectivity index (χ0v) is 13.8. The van der Waals surface area contributed by atoms with Gasteiger partial charge < -0.3 is 15.1 Å². The second-order valence-electron chi connectivity index (χ2n) is 5.51. The molecule has 1 aliphatic rings. The van der Waals surface area contributed by atoms with Crippen LogP contribution in [0.25, 0.3) is 11.4 Å². The zero-order chi connectivity index (χ0) is 18.2. The molecule has 1 saturated heterocycles. The highest BCUT2D eigenvalue weighted by atomic mass is 32.1. The monoisotopic (exact) mass is 361 g/mol. The maximum absolute atomic E-state index is 14.0. The standard InChI is InChI=1S/C16H12FN3O4S/c1-20-7-6-16(24,15(20)23)5-4-9-2-3-11(17)10(8-9)12-18-13(14(21)22)25-19-12/h2-3,8,24H,6-7H2,1H3,(H,21,22)/t16-/m0/s1. The highest BCUT2D eigenvalue weighted by molar-refractivity contribution is 7.07. The number of carboxylic acid groups (broad SMARTS) is 1. The van der Waals surface area contributed by atoms with Crippen molar-refractivity contribution in [3.63, 3.8) is 0 Å². The van der Waals surface area contributed by atoms with Crippen molar-refractivity contribution in [2.24, 2.45) is 0 Å². The SMILES string of the molecule is CN1CC[C@@](O)(C#Cc2ccc(F)c(-c3nsc(C(=O)O)n3)c2)C1=O. The number of halogens is 1. The summed E-state index contributed by atoms with van der Waals surface area (Å²) in [6.45, 7) is 0.402. The van der Waals surface area contributed by atoms with Crippen molar-refractivity contribution in [3.05, 3.63) is 34.6 Å². The number of aliphatic hydroxyl groups is 1. The van der Waals surface area contributed by atoms with Crippen LogP contribution in [-0.2, 0) is 4.79 Å². The van der Waals surface area contributed by atoms with Gasteiger partial charge in [-0.25, -0.2) is 14.2 Å². The molecule has 0 saturated carbocycles. The summed E-state index contributed by atoms with van der Waals surface area (Å²) in [7, 11) is 1.58. The maximum Gasteiger partial charge on any atom is 0.366 e. The fourth-order valence-electron chi connectivity index (χ4n) is 2.34. The Morgan fingerprint density at radius 3 is 2.84 bits per heavy atom. The molecule has 1 aliphatic heterocycles. The van der Waals surface area contributed by atoms with Crippen LogP contribution >= 0.6 is 11.5 Å². The van der Waals surface area contributed by atoms with E-state index in [-0.39, 0.29) is 22.8 Å². The maximum atomic E-state index is 14.0. The minimum Gasteiger partial charge on any atom is -0.476 e. The largest absolute Gasteiger partial charge is 0.476 e. The summed E-state index contributed by atoms with van der Waals surface area (Å²) >= 11 is 0.647. The fourth-order valence-corrected chi connectivity index (χ4v) is 2.86. The molecule has 1 fully saturated rings. The second kappa shape index (κ2) is 6.23. The normalized spacial score (nSPS) is 19.6. The summed E-state index contributed by atoms with van der Waals surface area (Å²) in [6, 6.07) is 3.89. The Hall–Kier alpha value is -2.83. The first kappa shape index (κ1) is 17.0. The van der Waals surface area contributed by atoms with Crippen LogP contribution in [0.2, 0.25) is 0 Å². The number of likely N-dealkylation sites (N-methyl/N-ethyl adjacent to an activating group) is 1. The molecule has 0 aliphatic carbocycles. The fraction of sp³-hybridized carbons (Fsp3) is 0.250. The Morgan fingerprint density at radius 2 is 2.24 bits per heavy atom. The molecule has 7 nitrogen and oxygen atoms in total. The van der Waals surface area contributed by atoms with Crippen LogP contribution in [0.4, 0.5) is 4.39 Å². The number of nitrogens with zero attached hydrogens (tertiary/aromatic N) is 3. The first-order valence-corrected chi connectivity index (χ1v) is 7.95. The van der Waals surface area contributed by atoms with E-state index >= 15 is 0 Å². The Kier molecular flexibility index (Phi) is 4.24. The molecule has 1 aromatic carbocycles. The Balaban J connectivity index is 1.94. The molecule has 1 atom stereocenters. The molecular weight excluding hydrogens is 349 g/mol. The van der Waals surface area contributed by atoms with Gasteiger partial charge in [-0.2, -0.15) is 4.37 Å². The number of benzene rings is 1. The van der Waals surface area contributed by atoms with Gasteiger partial charge in [-0.1, -0.05) is 11.8 Å². The summed E-state index contributed by atoms with van der Waals surface area (Å²) in [4.78, 5) is 27.9. The second-order valence-corrected chi connectivity index (χ2v) is 6.26. The van der Waals surface area contributed by atoms with Crippen molar-refractivity contribution in [2.75, 3.05) is 13.6 Å². The van der Waals surface area contributed by atoms with Gasteiger partial charge in [0.05, 0.1) is 5.56 Å². The van der Waals surface area contributed by atoms with Gasteiger partial charge in [-0.15, -0.1) is 0 Å². The van der Waals surface area contributed by atoms with Gasteiger partial charge in [0.2, 0.25) is 10.6 Å². The van der Waals surface area contributed by atoms with Crippen LogP contribution in [0.1, 0.15) is 21.8 Å². The first-order chi connectivity index (χ1) is 11.8. The molecule has 0 unspecified atom stereocenters. The van der Waals surface area contributed by atoms with E-state index in [2.05, 4.69) is 21.2 Å². The van der Waals surface area contributed by atoms with E-state index in [1.165, 1.54) is 17.0 Å². The number of carbonyl (C=O) groups is 2. The Labute approximate surface area is 145 Å². The average molecular weight is 361 g/mol. The lowest BCUT2D eigenvalue weighted by atomic mass is 10.0. The van der Waals surface area contributed by atoms with Gasteiger partial charge in [-0.3, -0.25) is 4.79 Å². The lowest BCUT2D eigenvalue weighted by Crippen LogP contribution is -2.37. The molecule has 3 rings (SSSR count). The number of likely N-dealkylation sites (tertiary alicyclic amines) is 1. The third-order valence-corrected chi connectivity index (χ3v) is 4.44. The van der Waals surface area contributed by atoms with Gasteiger partial charge in [0.25, 0.3) is 5.91 Å². The molecule has 128 valence electrons. The lowest BCUT2D eigenvalue weighted by Gasteiger charge is -2.13. The average Bonchev–Trinajstić information content (AvgIpc) is 3.16. The molecule has 2 heterocycles. The topological polar surface area (TPSA) is 104 Å². The quantitative estimate of drug-likeness (QED) is 0.773. The molecule has 2 N–H and O–H groups in total. The third-order valence-electron chi connectivity index (χ3n) is 3.74. The van der Waals surface area contributed by atoms with Gasteiger partial charge in [0.1, 0.15) is 5.82 Å². The van der Waals surface area contributed by atoms with Gasteiger partial charge in [0.15, 0.2) is 5.82 Å². The summed E-state index contributed by atoms with van der Waals surface area (Å²) in [6.07, 6.45) is 0.193. The van der Waals surface area contributed by atoms with E-state index in [4.69, 9.17) is 5.11 Å². The van der Waals surface area contributed by atoms with Gasteiger partial charge in [-0.05, 0) is 29.7 Å². The summed E-state index contributed by atoms with van der Waals surface area (Å²) in [5.74, 6) is 2.79. The number of aromatic nitrogens is 2. The minimum atomic E-state index is -1.75. The van der Waals surface area contributed by atoms with E-state index < -0.39 is 23.3 Å². The molecule has 0 bridgehead atoms. The van der Waals surface area contributed by atoms with Crippen molar-refractivity contribution in [2.45, 2.75) is 12.0 Å². The van der Waals surface area contributed by atoms with E-state index in [1.54, 1.807) is 7.05 Å². The van der Waals surface area contributed by atoms with Crippen molar-refractivity contribution < 1.29 is 24.2 Å². The number of hydrogen-bond acceptors (Lipinski definition) is 6. The van der Waals surface area contributed by atoms with Crippen LogP contribution in [0.5, 0.6) is 0 Å². The van der Waals surface area contributed by atoms with Gasteiger partial charge >= 0.3 is 5.97 Å². The predicted octanol–water partition coefficient (Wildman–Crippen LogP) is 0.987. The number of aromatic carboxylic acids is 1. The van der Waals surface area contributed by atoms with E-state index in [0.29, 0.717) is 23.6 Å². The summed E-state index contributed by atoms with van der Waals surface area (Å²) in [5, 5.41) is 18.9. The molecule has 0 radical (unpaired) electrons. The molecular formula is C16H12FN3O4S. The van der Waals surface area contributed by atoms with Crippen LogP contribution in [-0.4, -0.2) is 55.5 Å². The molecule has 0 spiro atoms. The minimum absolute atomic E-state index is 0.00240. The lowest BCUT2D eigenvalue weighted by molar-refractivity contribution is -0.137. The van der Waals surface area contributed by atoms with E-state index in [9.17, 15) is 19.1 Å². The first-order valence-electron chi connectivity index (χ1n) is 7.18. The van der Waals surface area contributed by atoms with Crippen molar-refractivity contribution in [1.29, 1.82) is 0 Å². The number of carbonyl (C=O) groups excluding carboxylic acids is 1.